The molecule has 220 valence electrons. The summed E-state index contributed by atoms with van der Waals surface area (Å²) in [6.07, 6.45) is -3.65. The first-order valence-corrected chi connectivity index (χ1v) is 14.2. The summed E-state index contributed by atoms with van der Waals surface area (Å²) in [4.78, 5) is 15.1. The van der Waals surface area contributed by atoms with Gasteiger partial charge in [0.2, 0.25) is 0 Å². The zero-order valence-electron chi connectivity index (χ0n) is 23.6. The number of hydrogen-bond acceptors (Lipinski definition) is 3. The lowest BCUT2D eigenvalue weighted by Gasteiger charge is -2.22. The van der Waals surface area contributed by atoms with Crippen molar-refractivity contribution in [2.24, 2.45) is 0 Å². The Kier molecular flexibility index (Phi) is 9.74. The summed E-state index contributed by atoms with van der Waals surface area (Å²) in [7, 11) is 0. The standard InChI is InChI=1S/C36H33F3N2O2/c37-36(38,39)31-18-16-28(17-19-31)25-41(24-27-10-4-1-5-11-27)26-32-20-21-34(43-32)35(42)40-23-22-33(29-12-6-2-7-13-29)30-14-8-3-9-15-30/h1-21,33H,22-26H2,(H,40,42). The molecule has 0 unspecified atom stereocenters. The highest BCUT2D eigenvalue weighted by Crippen LogP contribution is 2.30. The molecule has 0 aliphatic rings. The van der Waals surface area contributed by atoms with Gasteiger partial charge in [-0.05, 0) is 52.9 Å². The zero-order chi connectivity index (χ0) is 30.1. The summed E-state index contributed by atoms with van der Waals surface area (Å²) in [5.74, 6) is 0.676. The Hall–Kier alpha value is -4.62. The molecule has 0 saturated heterocycles. The number of furan rings is 1. The van der Waals surface area contributed by atoms with Crippen LogP contribution in [0.1, 0.15) is 56.5 Å². The van der Waals surface area contributed by atoms with E-state index in [9.17, 15) is 18.0 Å². The fraction of sp³-hybridized carbons (Fsp3) is 0.194. The molecule has 0 fully saturated rings. The number of hydrogen-bond donors (Lipinski definition) is 1. The van der Waals surface area contributed by atoms with Crippen LogP contribution in [-0.4, -0.2) is 17.4 Å². The SMILES string of the molecule is O=C(NCCC(c1ccccc1)c1ccccc1)c1ccc(CN(Cc2ccccc2)Cc2ccc(C(F)(F)F)cc2)o1. The first-order chi connectivity index (χ1) is 20.8. The van der Waals surface area contributed by atoms with Crippen molar-refractivity contribution < 1.29 is 22.4 Å². The maximum absolute atomic E-state index is 13.0. The molecule has 0 radical (unpaired) electrons. The molecular formula is C36H33F3N2O2. The third kappa shape index (κ3) is 8.46. The van der Waals surface area contributed by atoms with Crippen molar-refractivity contribution in [2.45, 2.75) is 38.1 Å². The first kappa shape index (κ1) is 29.9. The van der Waals surface area contributed by atoms with Gasteiger partial charge in [-0.3, -0.25) is 9.69 Å². The maximum atomic E-state index is 13.0. The van der Waals surface area contributed by atoms with Crippen LogP contribution < -0.4 is 5.32 Å². The van der Waals surface area contributed by atoms with Crippen LogP contribution in [0.2, 0.25) is 0 Å². The quantitative estimate of drug-likeness (QED) is 0.161. The maximum Gasteiger partial charge on any atom is 0.416 e. The molecule has 0 saturated carbocycles. The average Bonchev–Trinajstić information content (AvgIpc) is 3.49. The Balaban J connectivity index is 1.23. The van der Waals surface area contributed by atoms with E-state index in [0.717, 1.165) is 29.7 Å². The molecule has 0 aliphatic carbocycles. The van der Waals surface area contributed by atoms with Gasteiger partial charge in [-0.25, -0.2) is 0 Å². The monoisotopic (exact) mass is 582 g/mol. The number of benzene rings is 4. The Labute approximate surface area is 249 Å². The van der Waals surface area contributed by atoms with Crippen molar-refractivity contribution in [3.05, 3.63) is 167 Å². The van der Waals surface area contributed by atoms with Gasteiger partial charge < -0.3 is 9.73 Å². The summed E-state index contributed by atoms with van der Waals surface area (Å²) in [5, 5.41) is 2.99. The predicted molar refractivity (Wildman–Crippen MR) is 161 cm³/mol. The second-order valence-corrected chi connectivity index (χ2v) is 10.5. The lowest BCUT2D eigenvalue weighted by Crippen LogP contribution is -2.25. The van der Waals surface area contributed by atoms with Gasteiger partial charge >= 0.3 is 6.18 Å². The summed E-state index contributed by atoms with van der Waals surface area (Å²) < 4.78 is 45.1. The van der Waals surface area contributed by atoms with E-state index in [2.05, 4.69) is 34.5 Å². The van der Waals surface area contributed by atoms with Gasteiger partial charge in [0.1, 0.15) is 5.76 Å². The van der Waals surface area contributed by atoms with Crippen LogP contribution in [0.25, 0.3) is 0 Å². The molecule has 7 heteroatoms. The smallest absolute Gasteiger partial charge is 0.416 e. The minimum atomic E-state index is -4.38. The molecule has 1 amide bonds. The van der Waals surface area contributed by atoms with E-state index in [-0.39, 0.29) is 17.6 Å². The lowest BCUT2D eigenvalue weighted by molar-refractivity contribution is -0.137. The summed E-state index contributed by atoms with van der Waals surface area (Å²) >= 11 is 0. The molecule has 0 aliphatic heterocycles. The Morgan fingerprint density at radius 2 is 1.21 bits per heavy atom. The summed E-state index contributed by atoms with van der Waals surface area (Å²) in [6, 6.07) is 38.9. The van der Waals surface area contributed by atoms with Crippen LogP contribution in [0.5, 0.6) is 0 Å². The van der Waals surface area contributed by atoms with E-state index in [1.807, 2.05) is 66.7 Å². The van der Waals surface area contributed by atoms with Gasteiger partial charge in [0.25, 0.3) is 5.91 Å². The number of alkyl halides is 3. The van der Waals surface area contributed by atoms with Crippen molar-refractivity contribution in [1.29, 1.82) is 0 Å². The molecule has 43 heavy (non-hydrogen) atoms. The fourth-order valence-electron chi connectivity index (χ4n) is 5.19. The normalized spacial score (nSPS) is 11.7. The number of nitrogens with zero attached hydrogens (tertiary/aromatic N) is 1. The summed E-state index contributed by atoms with van der Waals surface area (Å²) in [6.45, 7) is 1.82. The predicted octanol–water partition coefficient (Wildman–Crippen LogP) is 8.45. The molecule has 1 heterocycles. The average molecular weight is 583 g/mol. The van der Waals surface area contributed by atoms with Crippen molar-refractivity contribution in [3.8, 4) is 0 Å². The number of carbonyl (C=O) groups is 1. The Morgan fingerprint density at radius 3 is 1.77 bits per heavy atom. The Bertz CT molecular complexity index is 1530. The van der Waals surface area contributed by atoms with E-state index >= 15 is 0 Å². The van der Waals surface area contributed by atoms with Gasteiger partial charge in [-0.2, -0.15) is 13.2 Å². The van der Waals surface area contributed by atoms with E-state index in [4.69, 9.17) is 4.42 Å². The molecule has 5 rings (SSSR count). The van der Waals surface area contributed by atoms with Gasteiger partial charge in [0.15, 0.2) is 5.76 Å². The first-order valence-electron chi connectivity index (χ1n) is 14.2. The molecule has 0 spiro atoms. The van der Waals surface area contributed by atoms with Gasteiger partial charge in [-0.1, -0.05) is 103 Å². The van der Waals surface area contributed by atoms with Gasteiger partial charge in [0.05, 0.1) is 12.1 Å². The van der Waals surface area contributed by atoms with Gasteiger partial charge in [0, 0.05) is 25.6 Å². The molecule has 0 atom stereocenters. The van der Waals surface area contributed by atoms with Crippen LogP contribution in [-0.2, 0) is 25.8 Å². The van der Waals surface area contributed by atoms with E-state index < -0.39 is 11.7 Å². The zero-order valence-corrected chi connectivity index (χ0v) is 23.6. The number of carbonyl (C=O) groups excluding carboxylic acids is 1. The van der Waals surface area contributed by atoms with Crippen molar-refractivity contribution >= 4 is 5.91 Å². The van der Waals surface area contributed by atoms with Gasteiger partial charge in [-0.15, -0.1) is 0 Å². The molecule has 4 aromatic carbocycles. The molecule has 1 aromatic heterocycles. The number of halogens is 3. The Morgan fingerprint density at radius 1 is 0.674 bits per heavy atom. The molecule has 5 aromatic rings. The molecule has 0 bridgehead atoms. The lowest BCUT2D eigenvalue weighted by atomic mass is 9.88. The van der Waals surface area contributed by atoms with Crippen LogP contribution in [0.15, 0.2) is 132 Å². The second kappa shape index (κ2) is 14.0. The van der Waals surface area contributed by atoms with Crippen LogP contribution in [0.4, 0.5) is 13.2 Å². The fourth-order valence-corrected chi connectivity index (χ4v) is 5.19. The second-order valence-electron chi connectivity index (χ2n) is 10.5. The largest absolute Gasteiger partial charge is 0.455 e. The van der Waals surface area contributed by atoms with Crippen molar-refractivity contribution in [2.75, 3.05) is 6.54 Å². The highest BCUT2D eigenvalue weighted by Gasteiger charge is 2.30. The van der Waals surface area contributed by atoms with Crippen LogP contribution in [0.3, 0.4) is 0 Å². The third-order valence-electron chi connectivity index (χ3n) is 7.32. The molecular weight excluding hydrogens is 549 g/mol. The van der Waals surface area contributed by atoms with Crippen molar-refractivity contribution in [1.82, 2.24) is 10.2 Å². The minimum Gasteiger partial charge on any atom is -0.455 e. The van der Waals surface area contributed by atoms with E-state index in [1.54, 1.807) is 12.1 Å². The van der Waals surface area contributed by atoms with Crippen LogP contribution >= 0.6 is 0 Å². The highest BCUT2D eigenvalue weighted by molar-refractivity contribution is 5.91. The highest BCUT2D eigenvalue weighted by atomic mass is 19.4. The minimum absolute atomic E-state index is 0.145. The number of amides is 1. The summed E-state index contributed by atoms with van der Waals surface area (Å²) in [5.41, 5.74) is 3.51. The molecule has 1 N–H and O–H groups in total. The van der Waals surface area contributed by atoms with Crippen LogP contribution in [0, 0.1) is 0 Å². The third-order valence-corrected chi connectivity index (χ3v) is 7.32. The van der Waals surface area contributed by atoms with E-state index in [0.29, 0.717) is 31.9 Å². The van der Waals surface area contributed by atoms with E-state index in [1.165, 1.54) is 23.3 Å². The molecule has 4 nitrogen and oxygen atoms in total. The number of rotatable bonds is 12. The number of nitrogens with one attached hydrogen (secondary N) is 1. The topological polar surface area (TPSA) is 45.5 Å². The van der Waals surface area contributed by atoms with Crippen molar-refractivity contribution in [3.63, 3.8) is 0 Å².